The number of thioether (sulfide) groups is 1. The molecule has 0 saturated heterocycles. The van der Waals surface area contributed by atoms with Gasteiger partial charge in [0.25, 0.3) is 5.91 Å². The zero-order valence-corrected chi connectivity index (χ0v) is 15.7. The molecule has 1 aromatic carbocycles. The van der Waals surface area contributed by atoms with Gasteiger partial charge in [0, 0.05) is 18.1 Å². The molecule has 1 aliphatic heterocycles. The molecule has 8 heteroatoms. The first-order valence-corrected chi connectivity index (χ1v) is 9.46. The molecular weight excluding hydrogens is 362 g/mol. The summed E-state index contributed by atoms with van der Waals surface area (Å²) in [5.74, 6) is 0.932. The van der Waals surface area contributed by atoms with Crippen LogP contribution in [0.15, 0.2) is 23.5 Å². The monoisotopic (exact) mass is 379 g/mol. The quantitative estimate of drug-likeness (QED) is 0.628. The lowest BCUT2D eigenvalue weighted by Crippen LogP contribution is -2.16. The zero-order chi connectivity index (χ0) is 18.0. The Morgan fingerprint density at radius 1 is 1.52 bits per heavy atom. The summed E-state index contributed by atoms with van der Waals surface area (Å²) in [5, 5.41) is 3.49. The fourth-order valence-corrected chi connectivity index (χ4v) is 3.12. The normalized spacial score (nSPS) is 15.4. The molecule has 0 aliphatic carbocycles. The molecule has 1 aliphatic rings. The van der Waals surface area contributed by atoms with Gasteiger partial charge < -0.3 is 14.8 Å². The third-order valence-corrected chi connectivity index (χ3v) is 4.50. The van der Waals surface area contributed by atoms with Crippen LogP contribution < -0.4 is 14.8 Å². The summed E-state index contributed by atoms with van der Waals surface area (Å²) in [7, 11) is 0. The number of halogens is 1. The van der Waals surface area contributed by atoms with Crippen molar-refractivity contribution >= 4 is 35.0 Å². The number of hydrogen-bond acceptors (Lipinski definition) is 6. The average molecular weight is 380 g/mol. The molecule has 2 aromatic rings. The zero-order valence-electron chi connectivity index (χ0n) is 14.1. The largest absolute Gasteiger partial charge is 0.492 e. The Bertz CT molecular complexity index is 816. The molecule has 0 radical (unpaired) electrons. The van der Waals surface area contributed by atoms with Crippen LogP contribution in [-0.2, 0) is 6.42 Å². The summed E-state index contributed by atoms with van der Waals surface area (Å²) in [6, 6.07) is 3.69. The molecule has 1 unspecified atom stereocenters. The maximum atomic E-state index is 12.6. The van der Waals surface area contributed by atoms with Crippen LogP contribution in [-0.4, -0.2) is 34.8 Å². The van der Waals surface area contributed by atoms with Gasteiger partial charge in [-0.05, 0) is 26.2 Å². The molecule has 0 fully saturated rings. The fraction of sp³-hybridized carbons (Fsp3) is 0.353. The minimum atomic E-state index is -0.422. The predicted octanol–water partition coefficient (Wildman–Crippen LogP) is 3.83. The third-order valence-electron chi connectivity index (χ3n) is 3.67. The summed E-state index contributed by atoms with van der Waals surface area (Å²) in [6.45, 7) is 4.39. The first kappa shape index (κ1) is 17.8. The summed E-state index contributed by atoms with van der Waals surface area (Å²) in [4.78, 5) is 20.9. The van der Waals surface area contributed by atoms with Crippen molar-refractivity contribution in [2.45, 2.75) is 31.5 Å². The lowest BCUT2D eigenvalue weighted by atomic mass is 10.1. The number of nitrogens with one attached hydrogen (secondary N) is 1. The first-order valence-electron chi connectivity index (χ1n) is 7.86. The molecule has 1 N–H and O–H groups in total. The summed E-state index contributed by atoms with van der Waals surface area (Å²) in [6.07, 6.45) is 4.18. The van der Waals surface area contributed by atoms with Crippen LogP contribution >= 0.6 is 23.4 Å². The van der Waals surface area contributed by atoms with Crippen molar-refractivity contribution in [2.24, 2.45) is 0 Å². The second-order valence-electron chi connectivity index (χ2n) is 5.53. The van der Waals surface area contributed by atoms with E-state index in [9.17, 15) is 4.79 Å². The lowest BCUT2D eigenvalue weighted by Gasteiger charge is -2.14. The average Bonchev–Trinajstić information content (AvgIpc) is 2.94. The van der Waals surface area contributed by atoms with E-state index in [-0.39, 0.29) is 16.8 Å². The lowest BCUT2D eigenvalue weighted by molar-refractivity contribution is 0.102. The van der Waals surface area contributed by atoms with E-state index in [0.29, 0.717) is 23.2 Å². The molecule has 6 nitrogen and oxygen atoms in total. The van der Waals surface area contributed by atoms with E-state index in [1.54, 1.807) is 6.07 Å². The number of amides is 1. The van der Waals surface area contributed by atoms with Gasteiger partial charge in [-0.15, -0.1) is 0 Å². The van der Waals surface area contributed by atoms with Crippen LogP contribution in [0.2, 0.25) is 5.02 Å². The van der Waals surface area contributed by atoms with Gasteiger partial charge in [-0.2, -0.15) is 0 Å². The van der Waals surface area contributed by atoms with Gasteiger partial charge in [-0.3, -0.25) is 4.79 Å². The fourth-order valence-electron chi connectivity index (χ4n) is 2.60. The molecular formula is C17H18ClN3O3S. The highest BCUT2D eigenvalue weighted by molar-refractivity contribution is 7.98. The van der Waals surface area contributed by atoms with Gasteiger partial charge in [0.15, 0.2) is 10.9 Å². The van der Waals surface area contributed by atoms with E-state index in [1.165, 1.54) is 18.0 Å². The smallest absolute Gasteiger partial charge is 0.276 e. The Balaban J connectivity index is 1.92. The van der Waals surface area contributed by atoms with Gasteiger partial charge in [0.1, 0.15) is 17.6 Å². The molecule has 2 heterocycles. The van der Waals surface area contributed by atoms with Gasteiger partial charge in [0.05, 0.1) is 23.5 Å². The van der Waals surface area contributed by atoms with E-state index in [2.05, 4.69) is 15.3 Å². The number of anilines is 1. The third kappa shape index (κ3) is 3.82. The van der Waals surface area contributed by atoms with Gasteiger partial charge in [-0.25, -0.2) is 9.97 Å². The molecule has 0 spiro atoms. The minimum Gasteiger partial charge on any atom is -0.492 e. The molecule has 1 aromatic heterocycles. The van der Waals surface area contributed by atoms with Crippen LogP contribution in [0.4, 0.5) is 5.69 Å². The van der Waals surface area contributed by atoms with Crippen molar-refractivity contribution < 1.29 is 14.3 Å². The standard InChI is InChI=1S/C17H18ClN3O3S/c1-4-23-14-6-10-5-9(2)24-13(10)7-12(14)20-16(22)15-11(18)8-19-17(21-15)25-3/h6-9H,4-5H2,1-3H3,(H,20,22). The summed E-state index contributed by atoms with van der Waals surface area (Å²) < 4.78 is 11.4. The Kier molecular flexibility index (Phi) is 5.34. The Labute approximate surface area is 155 Å². The molecule has 1 atom stereocenters. The van der Waals surface area contributed by atoms with Crippen LogP contribution in [0.3, 0.4) is 0 Å². The van der Waals surface area contributed by atoms with Crippen LogP contribution in [0.5, 0.6) is 11.5 Å². The number of ether oxygens (including phenoxy) is 2. The highest BCUT2D eigenvalue weighted by Crippen LogP contribution is 2.38. The number of carbonyl (C=O) groups excluding carboxylic acids is 1. The van der Waals surface area contributed by atoms with Gasteiger partial charge in [0.2, 0.25) is 0 Å². The van der Waals surface area contributed by atoms with Crippen LogP contribution in [0.25, 0.3) is 0 Å². The topological polar surface area (TPSA) is 73.3 Å². The van der Waals surface area contributed by atoms with Crippen LogP contribution in [0.1, 0.15) is 29.9 Å². The number of aromatic nitrogens is 2. The summed E-state index contributed by atoms with van der Waals surface area (Å²) in [5.41, 5.74) is 1.72. The second-order valence-corrected chi connectivity index (χ2v) is 6.71. The Morgan fingerprint density at radius 3 is 3.04 bits per heavy atom. The van der Waals surface area contributed by atoms with Crippen molar-refractivity contribution in [3.63, 3.8) is 0 Å². The van der Waals surface area contributed by atoms with Gasteiger partial charge >= 0.3 is 0 Å². The van der Waals surface area contributed by atoms with E-state index in [0.717, 1.165) is 17.7 Å². The second kappa shape index (κ2) is 7.49. The number of nitrogens with zero attached hydrogens (tertiary/aromatic N) is 2. The number of rotatable bonds is 5. The molecule has 0 saturated carbocycles. The maximum Gasteiger partial charge on any atom is 0.276 e. The minimum absolute atomic E-state index is 0.107. The maximum absolute atomic E-state index is 12.6. The Hall–Kier alpha value is -1.99. The Morgan fingerprint density at radius 2 is 2.32 bits per heavy atom. The van der Waals surface area contributed by atoms with Crippen molar-refractivity contribution in [3.05, 3.63) is 34.6 Å². The first-order chi connectivity index (χ1) is 12.0. The van der Waals surface area contributed by atoms with Gasteiger partial charge in [-0.1, -0.05) is 23.4 Å². The van der Waals surface area contributed by atoms with Crippen molar-refractivity contribution in [1.29, 1.82) is 0 Å². The molecule has 132 valence electrons. The van der Waals surface area contributed by atoms with E-state index < -0.39 is 5.91 Å². The van der Waals surface area contributed by atoms with Crippen molar-refractivity contribution in [1.82, 2.24) is 9.97 Å². The highest BCUT2D eigenvalue weighted by Gasteiger charge is 2.23. The van der Waals surface area contributed by atoms with Crippen molar-refractivity contribution in [3.8, 4) is 11.5 Å². The molecule has 0 bridgehead atoms. The molecule has 25 heavy (non-hydrogen) atoms. The van der Waals surface area contributed by atoms with E-state index in [4.69, 9.17) is 21.1 Å². The number of fused-ring (bicyclic) bond motifs is 1. The summed E-state index contributed by atoms with van der Waals surface area (Å²) >= 11 is 7.41. The number of hydrogen-bond donors (Lipinski definition) is 1. The SMILES string of the molecule is CCOc1cc2c(cc1NC(=O)c1nc(SC)ncc1Cl)OC(C)C2. The number of carbonyl (C=O) groups is 1. The highest BCUT2D eigenvalue weighted by atomic mass is 35.5. The number of benzene rings is 1. The molecule has 3 rings (SSSR count). The predicted molar refractivity (Wildman–Crippen MR) is 98.2 cm³/mol. The van der Waals surface area contributed by atoms with E-state index in [1.807, 2.05) is 26.2 Å². The van der Waals surface area contributed by atoms with Crippen LogP contribution in [0, 0.1) is 0 Å². The molecule has 1 amide bonds. The van der Waals surface area contributed by atoms with Crippen molar-refractivity contribution in [2.75, 3.05) is 18.2 Å². The van der Waals surface area contributed by atoms with E-state index >= 15 is 0 Å².